The number of hydrogen-bond acceptors (Lipinski definition) is 80. The number of aromatic nitrogens is 36. The molecule has 49 N–H and O–H groups in total. The molecule has 0 saturated carbocycles. The lowest BCUT2D eigenvalue weighted by molar-refractivity contribution is 0.323. The van der Waals surface area contributed by atoms with Gasteiger partial charge in [0.25, 0.3) is 0 Å². The largest absolute Gasteiger partial charge is 0.376 e. The third kappa shape index (κ3) is 36.9. The minimum Gasteiger partial charge on any atom is -0.376 e. The Hall–Kier alpha value is -19.2. The molecule has 0 unspecified atom stereocenters. The van der Waals surface area contributed by atoms with Gasteiger partial charge in [-0.05, 0) is 38.5 Å². The molecule has 776 valence electrons. The molecule has 0 saturated heterocycles. The predicted molar refractivity (Wildman–Crippen MR) is 529 cm³/mol. The summed E-state index contributed by atoms with van der Waals surface area (Å²) >= 11 is 0. The number of nitrogens with zero attached hydrogens (tertiary/aromatic N) is 36. The van der Waals surface area contributed by atoms with Gasteiger partial charge in [0.2, 0.25) is 208 Å². The third-order valence-corrected chi connectivity index (χ3v) is 17.3. The van der Waals surface area contributed by atoms with Crippen LogP contribution in [0.5, 0.6) is 0 Å². The normalized spacial score (nSPS) is 10.8. The Bertz CT molecular complexity index is 5980. The molecule has 0 radical (unpaired) electrons. The van der Waals surface area contributed by atoms with Gasteiger partial charge in [-0.25, -0.2) is 0 Å². The van der Waals surface area contributed by atoms with E-state index in [1.807, 2.05) is 0 Å². The van der Waals surface area contributed by atoms with Gasteiger partial charge in [0, 0.05) is 33.2 Å². The summed E-state index contributed by atoms with van der Waals surface area (Å²) in [5.74, 6) is 2.68. The molecule has 12 aromatic heterocycles. The zero-order valence-corrected chi connectivity index (χ0v) is 76.9. The SMILES string of the molecule is CNc1nc(NCCCCCNc2nc(NCCCCCNc3nc(CNCNc4nc(NCNc5nc(N)nc(NCO)n5)nc(NCNc5nc(NCO)nc(NCNc6nc(NCO)nc(NCO)n6)n5)n4)nc(NCNc4nc(NCO)nc(NCNc5nc(N)nc(NCO)n5)n4)n3)nc(NCNc3nc(N)nc(NCO)n3)n2)nc(NCNc2nc(N)nc(NCNc3nc(N)nc(NCO)n3)n2)n1. The molecule has 0 aliphatic rings. The Labute approximate surface area is 817 Å². The minimum atomic E-state index is -0.533. The van der Waals surface area contributed by atoms with Crippen LogP contribution in [-0.4, -0.2) is 367 Å². The smallest absolute Gasteiger partial charge is 0.231 e. The van der Waals surface area contributed by atoms with Crippen molar-refractivity contribution in [1.29, 1.82) is 0 Å². The van der Waals surface area contributed by atoms with Gasteiger partial charge in [-0.3, -0.25) is 5.32 Å². The molecule has 0 atom stereocenters. The number of hydrogen-bond donors (Lipinski definition) is 44. The van der Waals surface area contributed by atoms with Gasteiger partial charge in [-0.15, -0.1) is 0 Å². The van der Waals surface area contributed by atoms with E-state index in [0.29, 0.717) is 63.8 Å². The van der Waals surface area contributed by atoms with E-state index in [-0.39, 0.29) is 269 Å². The van der Waals surface area contributed by atoms with Crippen molar-refractivity contribution in [2.24, 2.45) is 0 Å². The molecule has 0 bridgehead atoms. The molecular formula is C65H108N72O8. The molecule has 80 nitrogen and oxygen atoms in total. The van der Waals surface area contributed by atoms with Crippen molar-refractivity contribution < 1.29 is 40.9 Å². The van der Waals surface area contributed by atoms with Gasteiger partial charge in [0.1, 0.15) is 59.7 Å². The summed E-state index contributed by atoms with van der Waals surface area (Å²) in [7, 11) is 1.68. The summed E-state index contributed by atoms with van der Waals surface area (Å²) in [5.41, 5.74) is 29.4. The molecule has 0 aliphatic carbocycles. The summed E-state index contributed by atoms with van der Waals surface area (Å²) in [6.45, 7) is -2.15. The van der Waals surface area contributed by atoms with Crippen molar-refractivity contribution in [1.82, 2.24) is 185 Å². The van der Waals surface area contributed by atoms with E-state index in [0.717, 1.165) is 12.8 Å². The molecular weight excluding hydrogens is 1920 g/mol. The van der Waals surface area contributed by atoms with Crippen LogP contribution >= 0.6 is 0 Å². The Morgan fingerprint density at radius 1 is 0.152 bits per heavy atom. The first-order valence-electron chi connectivity index (χ1n) is 43.4. The van der Waals surface area contributed by atoms with E-state index >= 15 is 0 Å². The van der Waals surface area contributed by atoms with Crippen molar-refractivity contribution in [3.63, 3.8) is 0 Å². The second kappa shape index (κ2) is 56.6. The second-order valence-corrected chi connectivity index (χ2v) is 27.7. The topological polar surface area (TPSA) is 1130 Å². The monoisotopic (exact) mass is 2030 g/mol. The average molecular weight is 2030 g/mol. The molecule has 0 fully saturated rings. The van der Waals surface area contributed by atoms with Gasteiger partial charge >= 0.3 is 0 Å². The first kappa shape index (κ1) is 105. The van der Waals surface area contributed by atoms with Crippen LogP contribution in [0.3, 0.4) is 0 Å². The Morgan fingerprint density at radius 2 is 0.283 bits per heavy atom. The lowest BCUT2D eigenvalue weighted by Crippen LogP contribution is -2.26. The standard InChI is InChI=1S/C65H108N72O8/c1-71-36-114-38(118-49(115-36)85-16-81-43-105-31(66)104-42(121-43)79-15-80-44-106-32(67)110-58(122-44)94-22-138)74-9-5-3-7-11-76-40-117-39(119-50(120-40)87-17-82-45-107-33(68)111-59(123-45)95-23-139)75-10-6-2-4-8-73-37-102-30(103-41(116-37)78-14-86-53-129-54(132-62(131-53)98-26-142)89-19-84-47-109-35(70)113-61(125-47)97-25-141)12-72-13-77-48-126-51(88-18-83-46-108-34(69)112-60(124-46)96-24-140)128-52(127-48)90-20-91-55-130-56(134-63(133-55)99-27-143)92-21-93-57-135-64(100-28-144)137-65(136-57)101-29-145/h72,138-145H,2-29H2,1H3,(H2,73,78,102,103,116)(H4,66,79,81,104,105,121)(H4,67,80,94,106,110,122)(H4,68,82,95,107,111,123)(H4,69,83,96,108,112,124)(H4,70,84,97,109,113,125)(H3,71,74,85,114,115,118)(H3,75,76,87,117,119,120)(H3,77,88,90,126,127,128)(H3,86,89,98,129,131,132)(H3,91,92,99,130,133,134)(H3,93,100,101,135,136,137). The molecule has 0 aliphatic heterocycles. The summed E-state index contributed by atoms with van der Waals surface area (Å²) in [4.78, 5) is 155. The van der Waals surface area contributed by atoms with Crippen molar-refractivity contribution in [3.8, 4) is 0 Å². The van der Waals surface area contributed by atoms with Crippen molar-refractivity contribution >= 4 is 208 Å². The number of nitrogens with two attached hydrogens (primary N) is 5. The van der Waals surface area contributed by atoms with Crippen LogP contribution in [0.1, 0.15) is 44.3 Å². The lowest BCUT2D eigenvalue weighted by atomic mass is 10.2. The fourth-order valence-electron chi connectivity index (χ4n) is 11.3. The predicted octanol–water partition coefficient (Wildman–Crippen LogP) is -8.85. The average Bonchev–Trinajstić information content (AvgIpc) is 0.883. The maximum atomic E-state index is 9.80. The minimum absolute atomic E-state index is 0.000407. The number of unbranched alkanes of at least 4 members (excludes halogenated alkanes) is 4. The number of aliphatic hydroxyl groups excluding tert-OH is 8. The van der Waals surface area contributed by atoms with Crippen LogP contribution in [0.4, 0.5) is 208 Å². The summed E-state index contributed by atoms with van der Waals surface area (Å²) in [6, 6.07) is 0. The van der Waals surface area contributed by atoms with E-state index in [2.05, 4.69) is 334 Å². The summed E-state index contributed by atoms with van der Waals surface area (Å²) in [5, 5.41) is 167. The Kier molecular flexibility index (Phi) is 40.8. The van der Waals surface area contributed by atoms with Gasteiger partial charge in [-0.1, -0.05) is 0 Å². The van der Waals surface area contributed by atoms with Crippen molar-refractivity contribution in [2.45, 2.75) is 45.1 Å². The number of anilines is 35. The number of nitrogen functional groups attached to an aromatic ring is 5. The van der Waals surface area contributed by atoms with Gasteiger partial charge in [0.05, 0.1) is 66.6 Å². The maximum Gasteiger partial charge on any atom is 0.231 e. The van der Waals surface area contributed by atoms with Gasteiger partial charge < -0.3 is 229 Å². The van der Waals surface area contributed by atoms with Gasteiger partial charge in [0.15, 0.2) is 0 Å². The first-order valence-corrected chi connectivity index (χ1v) is 43.4. The van der Waals surface area contributed by atoms with Crippen LogP contribution in [-0.2, 0) is 6.54 Å². The molecule has 0 spiro atoms. The van der Waals surface area contributed by atoms with Crippen molar-refractivity contribution in [3.05, 3.63) is 5.82 Å². The zero-order chi connectivity index (χ0) is 102. The second-order valence-electron chi connectivity index (χ2n) is 27.7. The summed E-state index contributed by atoms with van der Waals surface area (Å²) in [6.07, 6.45) is 4.19. The van der Waals surface area contributed by atoms with Crippen LogP contribution in [0, 0.1) is 0 Å². The highest BCUT2D eigenvalue weighted by Gasteiger charge is 2.19. The highest BCUT2D eigenvalue weighted by atomic mass is 16.3. The molecule has 12 rings (SSSR count). The maximum absolute atomic E-state index is 9.80. The Morgan fingerprint density at radius 3 is 0.455 bits per heavy atom. The molecule has 145 heavy (non-hydrogen) atoms. The quantitative estimate of drug-likeness (QED) is 0.0124. The van der Waals surface area contributed by atoms with Crippen molar-refractivity contribution in [2.75, 3.05) is 335 Å². The van der Waals surface area contributed by atoms with Crippen LogP contribution < -0.4 is 193 Å². The molecule has 12 heterocycles. The molecule has 0 amide bonds. The number of nitrogens with one attached hydrogen (secondary N) is 31. The van der Waals surface area contributed by atoms with E-state index in [1.54, 1.807) is 7.05 Å². The fraction of sp³-hybridized carbons (Fsp3) is 0.446. The lowest BCUT2D eigenvalue weighted by Gasteiger charge is -2.14. The van der Waals surface area contributed by atoms with E-state index in [4.69, 9.17) is 38.6 Å². The Balaban J connectivity index is 0.666. The van der Waals surface area contributed by atoms with E-state index < -0.39 is 53.8 Å². The molecule has 80 heteroatoms. The van der Waals surface area contributed by atoms with Crippen LogP contribution in [0.2, 0.25) is 0 Å². The fourth-order valence-corrected chi connectivity index (χ4v) is 11.3. The van der Waals surface area contributed by atoms with Crippen LogP contribution in [0.25, 0.3) is 0 Å². The first-order chi connectivity index (χ1) is 70.8. The highest BCUT2D eigenvalue weighted by molar-refractivity contribution is 5.54. The van der Waals surface area contributed by atoms with E-state index in [9.17, 15) is 40.9 Å². The molecule has 12 aromatic rings. The van der Waals surface area contributed by atoms with Gasteiger partial charge in [-0.2, -0.15) is 179 Å². The third-order valence-electron chi connectivity index (χ3n) is 17.3. The number of aliphatic hydroxyl groups is 8. The molecule has 0 aromatic carbocycles. The summed E-state index contributed by atoms with van der Waals surface area (Å²) < 4.78 is 0. The van der Waals surface area contributed by atoms with Crippen LogP contribution in [0.15, 0.2) is 0 Å². The number of rotatable bonds is 70. The zero-order valence-electron chi connectivity index (χ0n) is 76.9. The van der Waals surface area contributed by atoms with E-state index in [1.165, 1.54) is 0 Å². The highest BCUT2D eigenvalue weighted by Crippen LogP contribution is 2.21.